The molecular weight excluding hydrogens is 260 g/mol. The largest absolute Gasteiger partial charge is 0.396 e. The normalized spacial score (nSPS) is 12.8. The number of carbonyl (C=O) groups excluding carboxylic acids is 1. The quantitative estimate of drug-likeness (QED) is 0.883. The lowest BCUT2D eigenvalue weighted by molar-refractivity contribution is 0.0916. The average Bonchev–Trinajstić information content (AvgIpc) is 2.81. The Labute approximate surface area is 116 Å². The summed E-state index contributed by atoms with van der Waals surface area (Å²) in [5.41, 5.74) is 0.848. The van der Waals surface area contributed by atoms with E-state index in [1.54, 1.807) is 0 Å². The van der Waals surface area contributed by atoms with Crippen LogP contribution in [0.3, 0.4) is 0 Å². The molecule has 4 nitrogen and oxygen atoms in total. The summed E-state index contributed by atoms with van der Waals surface area (Å²) in [6.45, 7) is 4.13. The number of nitrogens with one attached hydrogen (secondary N) is 1. The number of para-hydroxylation sites is 1. The van der Waals surface area contributed by atoms with Gasteiger partial charge in [-0.15, -0.1) is 11.3 Å². The minimum Gasteiger partial charge on any atom is -0.396 e. The average molecular weight is 278 g/mol. The van der Waals surface area contributed by atoms with Gasteiger partial charge in [-0.2, -0.15) is 0 Å². The maximum atomic E-state index is 12.2. The van der Waals surface area contributed by atoms with Crippen LogP contribution >= 0.6 is 11.3 Å². The molecule has 0 saturated carbocycles. The van der Waals surface area contributed by atoms with E-state index in [1.807, 2.05) is 38.1 Å². The lowest BCUT2D eigenvalue weighted by atomic mass is 10.0. The predicted molar refractivity (Wildman–Crippen MR) is 77.4 cm³/mol. The minimum absolute atomic E-state index is 0.0236. The topological polar surface area (TPSA) is 62.2 Å². The van der Waals surface area contributed by atoms with Crippen molar-refractivity contribution in [1.29, 1.82) is 0 Å². The maximum Gasteiger partial charge on any atom is 0.280 e. The Bertz CT molecular complexity index is 532. The first-order valence-corrected chi connectivity index (χ1v) is 7.20. The second kappa shape index (κ2) is 6.12. The lowest BCUT2D eigenvalue weighted by Crippen LogP contribution is -2.39. The van der Waals surface area contributed by atoms with E-state index in [9.17, 15) is 4.79 Å². The van der Waals surface area contributed by atoms with Crippen molar-refractivity contribution < 1.29 is 9.90 Å². The van der Waals surface area contributed by atoms with Crippen molar-refractivity contribution in [2.24, 2.45) is 5.92 Å². The van der Waals surface area contributed by atoms with E-state index in [-0.39, 0.29) is 24.5 Å². The molecule has 0 radical (unpaired) electrons. The van der Waals surface area contributed by atoms with Gasteiger partial charge in [0.15, 0.2) is 5.01 Å². The molecular formula is C14H18N2O2S. The Balaban J connectivity index is 2.14. The number of benzene rings is 1. The van der Waals surface area contributed by atoms with Gasteiger partial charge >= 0.3 is 0 Å². The number of fused-ring (bicyclic) bond motifs is 1. The Morgan fingerprint density at radius 3 is 2.79 bits per heavy atom. The molecule has 1 atom stereocenters. The molecule has 0 fully saturated rings. The molecule has 0 aliphatic carbocycles. The van der Waals surface area contributed by atoms with E-state index < -0.39 is 0 Å². The fourth-order valence-electron chi connectivity index (χ4n) is 1.91. The summed E-state index contributed by atoms with van der Waals surface area (Å²) >= 11 is 1.39. The molecule has 1 amide bonds. The number of hydrogen-bond acceptors (Lipinski definition) is 4. The zero-order chi connectivity index (χ0) is 13.8. The van der Waals surface area contributed by atoms with Crippen LogP contribution in [0.4, 0.5) is 0 Å². The zero-order valence-electron chi connectivity index (χ0n) is 11.1. The van der Waals surface area contributed by atoms with Crippen LogP contribution in [-0.2, 0) is 0 Å². The third kappa shape index (κ3) is 3.30. The van der Waals surface area contributed by atoms with Crippen molar-refractivity contribution >= 4 is 27.5 Å². The number of amides is 1. The van der Waals surface area contributed by atoms with Crippen molar-refractivity contribution in [3.05, 3.63) is 29.3 Å². The molecule has 19 heavy (non-hydrogen) atoms. The fourth-order valence-corrected chi connectivity index (χ4v) is 2.78. The van der Waals surface area contributed by atoms with Gasteiger partial charge in [-0.1, -0.05) is 26.0 Å². The van der Waals surface area contributed by atoms with E-state index in [4.69, 9.17) is 5.11 Å². The van der Waals surface area contributed by atoms with Gasteiger partial charge in [-0.3, -0.25) is 4.79 Å². The van der Waals surface area contributed by atoms with Gasteiger partial charge in [0.2, 0.25) is 0 Å². The highest BCUT2D eigenvalue weighted by molar-refractivity contribution is 7.20. The predicted octanol–water partition coefficient (Wildman–Crippen LogP) is 2.43. The Morgan fingerprint density at radius 1 is 1.42 bits per heavy atom. The summed E-state index contributed by atoms with van der Waals surface area (Å²) in [5, 5.41) is 12.4. The lowest BCUT2D eigenvalue weighted by Gasteiger charge is -2.20. The number of aliphatic hydroxyl groups excluding tert-OH is 1. The summed E-state index contributed by atoms with van der Waals surface area (Å²) in [7, 11) is 0. The second-order valence-corrected chi connectivity index (χ2v) is 5.85. The first kappa shape index (κ1) is 14.0. The summed E-state index contributed by atoms with van der Waals surface area (Å²) < 4.78 is 1.01. The fraction of sp³-hybridized carbons (Fsp3) is 0.429. The summed E-state index contributed by atoms with van der Waals surface area (Å²) in [6.07, 6.45) is 0.564. The highest BCUT2D eigenvalue weighted by atomic mass is 32.1. The molecule has 102 valence electrons. The van der Waals surface area contributed by atoms with Crippen LogP contribution in [0.2, 0.25) is 0 Å². The first-order valence-electron chi connectivity index (χ1n) is 6.39. The molecule has 0 spiro atoms. The van der Waals surface area contributed by atoms with Gasteiger partial charge < -0.3 is 10.4 Å². The molecule has 1 aromatic heterocycles. The van der Waals surface area contributed by atoms with Crippen molar-refractivity contribution in [3.8, 4) is 0 Å². The SMILES string of the molecule is CC(C)C(CCO)NC(=O)c1nc2ccccc2s1. The van der Waals surface area contributed by atoms with Gasteiger partial charge in [0.1, 0.15) is 0 Å². The van der Waals surface area contributed by atoms with Crippen LogP contribution in [0, 0.1) is 5.92 Å². The molecule has 1 unspecified atom stereocenters. The van der Waals surface area contributed by atoms with Gasteiger partial charge in [0.05, 0.1) is 10.2 Å². The van der Waals surface area contributed by atoms with Crippen molar-refractivity contribution in [2.75, 3.05) is 6.61 Å². The van der Waals surface area contributed by atoms with E-state index >= 15 is 0 Å². The summed E-state index contributed by atoms with van der Waals surface area (Å²) in [5.74, 6) is 0.124. The molecule has 2 N–H and O–H groups in total. The molecule has 0 saturated heterocycles. The number of carbonyl (C=O) groups is 1. The standard InChI is InChI=1S/C14H18N2O2S/c1-9(2)10(7-8-17)15-13(18)14-16-11-5-3-4-6-12(11)19-14/h3-6,9-10,17H,7-8H2,1-2H3,(H,15,18). The van der Waals surface area contributed by atoms with E-state index in [2.05, 4.69) is 10.3 Å². The Morgan fingerprint density at radius 2 is 2.16 bits per heavy atom. The van der Waals surface area contributed by atoms with Crippen LogP contribution in [0.1, 0.15) is 30.1 Å². The summed E-state index contributed by atoms with van der Waals surface area (Å²) in [6, 6.07) is 7.68. The Kier molecular flexibility index (Phi) is 4.50. The van der Waals surface area contributed by atoms with E-state index in [0.717, 1.165) is 10.2 Å². The van der Waals surface area contributed by atoms with Crippen molar-refractivity contribution in [2.45, 2.75) is 26.3 Å². The molecule has 0 bridgehead atoms. The third-order valence-electron chi connectivity index (χ3n) is 3.05. The van der Waals surface area contributed by atoms with Gasteiger partial charge in [-0.25, -0.2) is 4.98 Å². The molecule has 1 aromatic carbocycles. The molecule has 2 rings (SSSR count). The summed E-state index contributed by atoms with van der Waals surface area (Å²) in [4.78, 5) is 16.5. The second-order valence-electron chi connectivity index (χ2n) is 4.82. The number of aliphatic hydroxyl groups is 1. The minimum atomic E-state index is -0.159. The maximum absolute atomic E-state index is 12.2. The van der Waals surface area contributed by atoms with Crippen LogP contribution in [0.25, 0.3) is 10.2 Å². The van der Waals surface area contributed by atoms with Crippen LogP contribution in [0.5, 0.6) is 0 Å². The van der Waals surface area contributed by atoms with Crippen molar-refractivity contribution in [3.63, 3.8) is 0 Å². The molecule has 0 aliphatic rings. The third-order valence-corrected chi connectivity index (χ3v) is 4.08. The van der Waals surface area contributed by atoms with Crippen LogP contribution in [0.15, 0.2) is 24.3 Å². The van der Waals surface area contributed by atoms with Crippen LogP contribution in [-0.4, -0.2) is 28.6 Å². The Hall–Kier alpha value is -1.46. The molecule has 0 aliphatic heterocycles. The van der Waals surface area contributed by atoms with Crippen LogP contribution < -0.4 is 5.32 Å². The smallest absolute Gasteiger partial charge is 0.280 e. The molecule has 1 heterocycles. The first-order chi connectivity index (χ1) is 9.11. The van der Waals surface area contributed by atoms with E-state index in [0.29, 0.717) is 11.4 Å². The number of nitrogens with zero attached hydrogens (tertiary/aromatic N) is 1. The van der Waals surface area contributed by atoms with Gasteiger partial charge in [0, 0.05) is 12.6 Å². The highest BCUT2D eigenvalue weighted by Crippen LogP contribution is 2.21. The molecule has 5 heteroatoms. The molecule has 2 aromatic rings. The zero-order valence-corrected chi connectivity index (χ0v) is 11.9. The monoisotopic (exact) mass is 278 g/mol. The number of rotatable bonds is 5. The van der Waals surface area contributed by atoms with Gasteiger partial charge in [-0.05, 0) is 24.5 Å². The van der Waals surface area contributed by atoms with Crippen molar-refractivity contribution in [1.82, 2.24) is 10.3 Å². The van der Waals surface area contributed by atoms with E-state index in [1.165, 1.54) is 11.3 Å². The number of thiazole rings is 1. The number of aromatic nitrogens is 1. The van der Waals surface area contributed by atoms with Gasteiger partial charge in [0.25, 0.3) is 5.91 Å². The highest BCUT2D eigenvalue weighted by Gasteiger charge is 2.19. The number of hydrogen-bond donors (Lipinski definition) is 2.